The van der Waals surface area contributed by atoms with E-state index in [1.165, 1.54) is 27.7 Å². The molecule has 0 aliphatic rings. The topological polar surface area (TPSA) is 182 Å². The molecule has 0 radical (unpaired) electrons. The van der Waals surface area contributed by atoms with E-state index in [4.69, 9.17) is 16.6 Å². The molecule has 0 bridgehead atoms. The minimum Gasteiger partial charge on any atom is -0.480 e. The van der Waals surface area contributed by atoms with Crippen LogP contribution in [0, 0.1) is 11.3 Å². The van der Waals surface area contributed by atoms with Crippen molar-refractivity contribution in [2.24, 2.45) is 22.8 Å². The van der Waals surface area contributed by atoms with Crippen LogP contribution >= 0.6 is 0 Å². The third-order valence-electron chi connectivity index (χ3n) is 4.34. The molecule has 0 fully saturated rings. The maximum Gasteiger partial charge on any atom is 0.380 e. The first kappa shape index (κ1) is 23.2. The Bertz CT molecular complexity index is 540. The molecule has 146 valence electrons. The third kappa shape index (κ3) is 3.92. The van der Waals surface area contributed by atoms with Crippen molar-refractivity contribution in [3.8, 4) is 0 Å². The number of hydrogen-bond acceptors (Lipinski definition) is 9. The van der Waals surface area contributed by atoms with Gasteiger partial charge in [-0.15, -0.1) is 0 Å². The van der Waals surface area contributed by atoms with Crippen molar-refractivity contribution in [3.05, 3.63) is 0 Å². The third-order valence-corrected chi connectivity index (χ3v) is 4.34. The van der Waals surface area contributed by atoms with Gasteiger partial charge in [-0.25, -0.2) is 19.4 Å². The van der Waals surface area contributed by atoms with Crippen LogP contribution in [0.25, 0.3) is 0 Å². The van der Waals surface area contributed by atoms with Crippen molar-refractivity contribution in [2.75, 3.05) is 6.61 Å². The number of carboxylic acid groups (broad SMARTS) is 1. The molecule has 0 saturated carbocycles. The van der Waals surface area contributed by atoms with E-state index in [0.717, 1.165) is 13.8 Å². The van der Waals surface area contributed by atoms with Gasteiger partial charge in [-0.2, -0.15) is 0 Å². The lowest BCUT2D eigenvalue weighted by molar-refractivity contribution is -0.276. The number of aliphatic hydroxyl groups excluding tert-OH is 1. The molecule has 0 aromatic rings. The van der Waals surface area contributed by atoms with E-state index in [1.807, 2.05) is 0 Å². The molecule has 0 aliphatic heterocycles. The van der Waals surface area contributed by atoms with E-state index in [2.05, 4.69) is 9.78 Å². The second-order valence-corrected chi connectivity index (χ2v) is 7.48. The fraction of sp³-hybridized carbons (Fsp3) is 0.800. The summed E-state index contributed by atoms with van der Waals surface area (Å²) in [5.41, 5.74) is 3.22. The quantitative estimate of drug-likeness (QED) is 0.275. The summed E-state index contributed by atoms with van der Waals surface area (Å²) in [7, 11) is 0. The van der Waals surface area contributed by atoms with Crippen molar-refractivity contribution in [1.82, 2.24) is 0 Å². The molecule has 0 aliphatic carbocycles. The molecule has 0 aromatic carbocycles. The highest BCUT2D eigenvalue weighted by molar-refractivity contribution is 5.95. The standard InChI is InChI=1S/C15H28N2O8/c1-8(2)14(16,9(19)20)15(17,13(5,6)23)11(22)25-24-10(21)12(3,4)7-18/h8,18,23H,7,16-17H2,1-6H3,(H,19,20). The summed E-state index contributed by atoms with van der Waals surface area (Å²) in [6.07, 6.45) is 0. The van der Waals surface area contributed by atoms with Gasteiger partial charge in [0.1, 0.15) is 5.54 Å². The van der Waals surface area contributed by atoms with Crippen LogP contribution in [0.4, 0.5) is 0 Å². The van der Waals surface area contributed by atoms with Crippen molar-refractivity contribution < 1.29 is 39.5 Å². The van der Waals surface area contributed by atoms with Gasteiger partial charge in [0.25, 0.3) is 0 Å². The highest BCUT2D eigenvalue weighted by atomic mass is 17.2. The molecule has 7 N–H and O–H groups in total. The molecule has 0 aromatic heterocycles. The van der Waals surface area contributed by atoms with Gasteiger partial charge >= 0.3 is 17.9 Å². The lowest BCUT2D eigenvalue weighted by Gasteiger charge is -2.48. The monoisotopic (exact) mass is 364 g/mol. The Balaban J connectivity index is 5.89. The van der Waals surface area contributed by atoms with Gasteiger partial charge in [0, 0.05) is 0 Å². The number of hydrogen-bond donors (Lipinski definition) is 5. The Morgan fingerprint density at radius 3 is 1.68 bits per heavy atom. The molecule has 0 amide bonds. The number of carboxylic acids is 1. The Morgan fingerprint density at radius 1 is 1.00 bits per heavy atom. The van der Waals surface area contributed by atoms with E-state index in [1.54, 1.807) is 0 Å². The molecule has 2 unspecified atom stereocenters. The predicted octanol–water partition coefficient (Wildman–Crippen LogP) is -1.09. The fourth-order valence-electron chi connectivity index (χ4n) is 2.11. The molecule has 0 spiro atoms. The van der Waals surface area contributed by atoms with Crippen molar-refractivity contribution in [2.45, 2.75) is 58.2 Å². The number of carbonyl (C=O) groups is 3. The highest BCUT2D eigenvalue weighted by Crippen LogP contribution is 2.36. The van der Waals surface area contributed by atoms with E-state index in [9.17, 15) is 24.6 Å². The normalized spacial score (nSPS) is 17.4. The first-order valence-electron chi connectivity index (χ1n) is 7.58. The van der Waals surface area contributed by atoms with Crippen molar-refractivity contribution in [3.63, 3.8) is 0 Å². The Hall–Kier alpha value is -1.75. The summed E-state index contributed by atoms with van der Waals surface area (Å²) >= 11 is 0. The van der Waals surface area contributed by atoms with Gasteiger partial charge < -0.3 is 26.8 Å². The van der Waals surface area contributed by atoms with Gasteiger partial charge in [-0.05, 0) is 33.6 Å². The molecule has 10 heteroatoms. The minimum atomic E-state index is -2.66. The van der Waals surface area contributed by atoms with E-state index >= 15 is 0 Å². The largest absolute Gasteiger partial charge is 0.480 e. The Labute approximate surface area is 146 Å². The molecule has 25 heavy (non-hydrogen) atoms. The van der Waals surface area contributed by atoms with Crippen molar-refractivity contribution in [1.29, 1.82) is 0 Å². The fourth-order valence-corrected chi connectivity index (χ4v) is 2.11. The summed E-state index contributed by atoms with van der Waals surface area (Å²) in [6.45, 7) is 7.03. The molecule has 2 atom stereocenters. The van der Waals surface area contributed by atoms with Crippen LogP contribution in [0.3, 0.4) is 0 Å². The average Bonchev–Trinajstić information content (AvgIpc) is 2.48. The lowest BCUT2D eigenvalue weighted by Crippen LogP contribution is -2.83. The Kier molecular flexibility index (Phi) is 6.73. The molecule has 10 nitrogen and oxygen atoms in total. The number of aliphatic hydroxyl groups is 2. The first-order valence-corrected chi connectivity index (χ1v) is 7.58. The van der Waals surface area contributed by atoms with E-state index in [0.29, 0.717) is 0 Å². The van der Waals surface area contributed by atoms with Gasteiger partial charge in [0.05, 0.1) is 17.6 Å². The van der Waals surface area contributed by atoms with Crippen molar-refractivity contribution >= 4 is 17.9 Å². The van der Waals surface area contributed by atoms with Gasteiger partial charge in [0.15, 0.2) is 5.54 Å². The molecule has 0 heterocycles. The lowest BCUT2D eigenvalue weighted by atomic mass is 9.63. The number of aliphatic carboxylic acids is 1. The van der Waals surface area contributed by atoms with Crippen LogP contribution in [0.2, 0.25) is 0 Å². The van der Waals surface area contributed by atoms with E-state index in [-0.39, 0.29) is 0 Å². The summed E-state index contributed by atoms with van der Waals surface area (Å²) in [4.78, 5) is 44.8. The molecule has 0 saturated heterocycles. The highest BCUT2D eigenvalue weighted by Gasteiger charge is 2.67. The zero-order chi connectivity index (χ0) is 20.4. The number of rotatable bonds is 7. The summed E-state index contributed by atoms with van der Waals surface area (Å²) in [5.74, 6) is -5.19. The number of carbonyl (C=O) groups excluding carboxylic acids is 2. The average molecular weight is 364 g/mol. The van der Waals surface area contributed by atoms with Crippen LogP contribution in [0.1, 0.15) is 41.5 Å². The van der Waals surface area contributed by atoms with Crippen LogP contribution in [0.15, 0.2) is 0 Å². The number of nitrogens with two attached hydrogens (primary N) is 2. The Morgan fingerprint density at radius 2 is 1.40 bits per heavy atom. The van der Waals surface area contributed by atoms with E-state index < -0.39 is 52.5 Å². The summed E-state index contributed by atoms with van der Waals surface area (Å²) < 4.78 is 0. The van der Waals surface area contributed by atoms with Gasteiger partial charge in [0.2, 0.25) is 0 Å². The molecule has 0 rings (SSSR count). The minimum absolute atomic E-state index is 0.593. The smallest absolute Gasteiger partial charge is 0.380 e. The summed E-state index contributed by atoms with van der Waals surface area (Å²) in [6, 6.07) is 0. The SMILES string of the molecule is CC(C)C(N)(C(=O)O)C(N)(C(=O)OOC(=O)C(C)(C)CO)C(C)(C)O. The van der Waals surface area contributed by atoms with Crippen LogP contribution < -0.4 is 11.5 Å². The van der Waals surface area contributed by atoms with Gasteiger partial charge in [-0.3, -0.25) is 4.79 Å². The second-order valence-electron chi connectivity index (χ2n) is 7.48. The van der Waals surface area contributed by atoms with Crippen LogP contribution in [0.5, 0.6) is 0 Å². The zero-order valence-corrected chi connectivity index (χ0v) is 15.3. The first-order chi connectivity index (χ1) is 11.0. The van der Waals surface area contributed by atoms with Crippen LogP contribution in [-0.4, -0.2) is 56.5 Å². The maximum absolute atomic E-state index is 12.5. The maximum atomic E-state index is 12.5. The van der Waals surface area contributed by atoms with Crippen LogP contribution in [-0.2, 0) is 24.2 Å². The zero-order valence-electron chi connectivity index (χ0n) is 15.3. The van der Waals surface area contributed by atoms with Gasteiger partial charge in [-0.1, -0.05) is 13.8 Å². The molecular weight excluding hydrogens is 336 g/mol. The predicted molar refractivity (Wildman–Crippen MR) is 85.7 cm³/mol. The molecular formula is C15H28N2O8. The second kappa shape index (κ2) is 7.24. The summed E-state index contributed by atoms with van der Waals surface area (Å²) in [5, 5.41) is 29.0.